The molecular weight excluding hydrogens is 304 g/mol. The van der Waals surface area contributed by atoms with E-state index in [2.05, 4.69) is 25.4 Å². The second-order valence-electron chi connectivity index (χ2n) is 5.99. The fourth-order valence-electron chi connectivity index (χ4n) is 3.24. The maximum Gasteiger partial charge on any atom is 0.257 e. The van der Waals surface area contributed by atoms with Crippen LogP contribution in [0.4, 0.5) is 0 Å². The molecule has 0 aliphatic carbocycles. The number of aromatic amines is 2. The van der Waals surface area contributed by atoms with Crippen molar-refractivity contribution < 1.29 is 4.79 Å². The van der Waals surface area contributed by atoms with E-state index in [4.69, 9.17) is 0 Å². The molecule has 1 aliphatic rings. The van der Waals surface area contributed by atoms with Gasteiger partial charge in [0.1, 0.15) is 12.2 Å². The van der Waals surface area contributed by atoms with Crippen molar-refractivity contribution in [2.45, 2.75) is 18.8 Å². The molecule has 1 aliphatic heterocycles. The second-order valence-corrected chi connectivity index (χ2v) is 5.99. The lowest BCUT2D eigenvalue weighted by Crippen LogP contribution is -2.39. The van der Waals surface area contributed by atoms with Gasteiger partial charge in [-0.05, 0) is 12.8 Å². The van der Waals surface area contributed by atoms with Crippen LogP contribution in [0.5, 0.6) is 0 Å². The van der Waals surface area contributed by atoms with Crippen molar-refractivity contribution in [1.29, 1.82) is 0 Å². The Morgan fingerprint density at radius 1 is 1.17 bits per heavy atom. The second kappa shape index (κ2) is 6.27. The molecule has 1 saturated heterocycles. The van der Waals surface area contributed by atoms with Crippen LogP contribution in [0.25, 0.3) is 11.3 Å². The first kappa shape index (κ1) is 14.6. The molecule has 1 atom stereocenters. The first-order chi connectivity index (χ1) is 11.8. The van der Waals surface area contributed by atoms with Crippen LogP contribution in [0.15, 0.2) is 42.9 Å². The van der Waals surface area contributed by atoms with Crippen LogP contribution in [-0.2, 0) is 0 Å². The van der Waals surface area contributed by atoms with E-state index in [-0.39, 0.29) is 11.8 Å². The van der Waals surface area contributed by atoms with Crippen molar-refractivity contribution in [3.8, 4) is 11.3 Å². The number of hydrogen-bond acceptors (Lipinski definition) is 4. The third-order valence-corrected chi connectivity index (χ3v) is 4.46. The number of nitrogens with one attached hydrogen (secondary N) is 2. The van der Waals surface area contributed by atoms with Crippen LogP contribution >= 0.6 is 0 Å². The standard InChI is InChI=1S/C17H18N6O/c24-17(14-9-19-21-15(14)12-5-2-1-3-6-12)23-8-4-7-13(10-23)16-18-11-20-22-16/h1-3,5-6,9,11,13H,4,7-8,10H2,(H,19,21)(H,18,20,22). The van der Waals surface area contributed by atoms with Crippen molar-refractivity contribution in [2.75, 3.05) is 13.1 Å². The van der Waals surface area contributed by atoms with Gasteiger partial charge in [-0.1, -0.05) is 30.3 Å². The van der Waals surface area contributed by atoms with Gasteiger partial charge >= 0.3 is 0 Å². The van der Waals surface area contributed by atoms with Gasteiger partial charge in [0, 0.05) is 24.6 Å². The molecule has 1 fully saturated rings. The van der Waals surface area contributed by atoms with Gasteiger partial charge in [0.15, 0.2) is 0 Å². The van der Waals surface area contributed by atoms with E-state index in [1.807, 2.05) is 35.2 Å². The number of carbonyl (C=O) groups excluding carboxylic acids is 1. The molecule has 0 spiro atoms. The molecule has 4 rings (SSSR count). The molecule has 1 amide bonds. The van der Waals surface area contributed by atoms with Crippen LogP contribution in [0.1, 0.15) is 34.9 Å². The molecule has 0 bridgehead atoms. The van der Waals surface area contributed by atoms with E-state index < -0.39 is 0 Å². The van der Waals surface area contributed by atoms with E-state index in [9.17, 15) is 4.79 Å². The van der Waals surface area contributed by atoms with Crippen LogP contribution in [-0.4, -0.2) is 49.3 Å². The predicted molar refractivity (Wildman–Crippen MR) is 88.3 cm³/mol. The number of piperidine rings is 1. The van der Waals surface area contributed by atoms with Crippen LogP contribution in [0, 0.1) is 0 Å². The van der Waals surface area contributed by atoms with E-state index in [0.717, 1.165) is 36.5 Å². The van der Waals surface area contributed by atoms with Gasteiger partial charge in [0.25, 0.3) is 5.91 Å². The lowest BCUT2D eigenvalue weighted by Gasteiger charge is -2.31. The maximum absolute atomic E-state index is 13.0. The molecule has 0 saturated carbocycles. The van der Waals surface area contributed by atoms with Gasteiger partial charge in [0.2, 0.25) is 0 Å². The quantitative estimate of drug-likeness (QED) is 0.773. The highest BCUT2D eigenvalue weighted by Crippen LogP contribution is 2.27. The van der Waals surface area contributed by atoms with Crippen molar-refractivity contribution in [2.24, 2.45) is 0 Å². The van der Waals surface area contributed by atoms with Gasteiger partial charge in [0.05, 0.1) is 17.5 Å². The molecule has 7 heteroatoms. The number of hydrogen-bond donors (Lipinski definition) is 2. The molecular formula is C17H18N6O. The van der Waals surface area contributed by atoms with Gasteiger partial charge < -0.3 is 4.90 Å². The van der Waals surface area contributed by atoms with E-state index >= 15 is 0 Å². The summed E-state index contributed by atoms with van der Waals surface area (Å²) in [6.45, 7) is 1.40. The number of benzene rings is 1. The summed E-state index contributed by atoms with van der Waals surface area (Å²) in [5, 5.41) is 13.9. The minimum absolute atomic E-state index is 0.00631. The zero-order valence-corrected chi connectivity index (χ0v) is 13.1. The third-order valence-electron chi connectivity index (χ3n) is 4.46. The van der Waals surface area contributed by atoms with Crippen LogP contribution in [0.3, 0.4) is 0 Å². The summed E-state index contributed by atoms with van der Waals surface area (Å²) in [4.78, 5) is 19.1. The predicted octanol–water partition coefficient (Wildman–Crippen LogP) is 2.21. The molecule has 2 aromatic heterocycles. The van der Waals surface area contributed by atoms with Crippen LogP contribution in [0.2, 0.25) is 0 Å². The Morgan fingerprint density at radius 2 is 2.04 bits per heavy atom. The number of carbonyl (C=O) groups is 1. The number of H-pyrrole nitrogens is 2. The number of amides is 1. The van der Waals surface area contributed by atoms with Crippen molar-refractivity contribution in [3.63, 3.8) is 0 Å². The normalized spacial score (nSPS) is 17.8. The van der Waals surface area contributed by atoms with Crippen LogP contribution < -0.4 is 0 Å². The fraction of sp³-hybridized carbons (Fsp3) is 0.294. The average molecular weight is 322 g/mol. The summed E-state index contributed by atoms with van der Waals surface area (Å²) in [6, 6.07) is 9.79. The maximum atomic E-state index is 13.0. The minimum atomic E-state index is 0.00631. The molecule has 1 aromatic carbocycles. The lowest BCUT2D eigenvalue weighted by atomic mass is 9.96. The van der Waals surface area contributed by atoms with Gasteiger partial charge in [-0.3, -0.25) is 15.0 Å². The number of likely N-dealkylation sites (tertiary alicyclic amines) is 1. The zero-order valence-electron chi connectivity index (χ0n) is 13.1. The molecule has 1 unspecified atom stereocenters. The van der Waals surface area contributed by atoms with E-state index in [0.29, 0.717) is 12.1 Å². The highest BCUT2D eigenvalue weighted by molar-refractivity contribution is 5.99. The molecule has 24 heavy (non-hydrogen) atoms. The zero-order chi connectivity index (χ0) is 16.4. The van der Waals surface area contributed by atoms with Gasteiger partial charge in [-0.2, -0.15) is 10.2 Å². The minimum Gasteiger partial charge on any atom is -0.338 e. The Morgan fingerprint density at radius 3 is 2.83 bits per heavy atom. The molecule has 2 N–H and O–H groups in total. The van der Waals surface area contributed by atoms with E-state index in [1.165, 1.54) is 6.33 Å². The van der Waals surface area contributed by atoms with Crippen molar-refractivity contribution in [1.82, 2.24) is 30.3 Å². The Hall–Kier alpha value is -2.96. The number of rotatable bonds is 3. The summed E-state index contributed by atoms with van der Waals surface area (Å²) in [5.74, 6) is 1.06. The Balaban J connectivity index is 1.57. The largest absolute Gasteiger partial charge is 0.338 e. The number of aromatic nitrogens is 5. The van der Waals surface area contributed by atoms with Gasteiger partial charge in [-0.25, -0.2) is 4.98 Å². The van der Waals surface area contributed by atoms with Gasteiger partial charge in [-0.15, -0.1) is 0 Å². The average Bonchev–Trinajstić information content (AvgIpc) is 3.34. The molecule has 3 heterocycles. The smallest absolute Gasteiger partial charge is 0.257 e. The summed E-state index contributed by atoms with van der Waals surface area (Å²) < 4.78 is 0. The molecule has 122 valence electrons. The van der Waals surface area contributed by atoms with E-state index in [1.54, 1.807) is 6.20 Å². The Kier molecular flexibility index (Phi) is 3.82. The summed E-state index contributed by atoms with van der Waals surface area (Å²) in [6.07, 6.45) is 5.09. The Bertz CT molecular complexity index is 811. The monoisotopic (exact) mass is 322 g/mol. The number of nitrogens with zero attached hydrogens (tertiary/aromatic N) is 4. The van der Waals surface area contributed by atoms with Crippen molar-refractivity contribution >= 4 is 5.91 Å². The fourth-order valence-corrected chi connectivity index (χ4v) is 3.24. The summed E-state index contributed by atoms with van der Waals surface area (Å²) in [5.41, 5.74) is 2.34. The topological polar surface area (TPSA) is 90.6 Å². The highest BCUT2D eigenvalue weighted by Gasteiger charge is 2.28. The Labute approximate surface area is 139 Å². The summed E-state index contributed by atoms with van der Waals surface area (Å²) >= 11 is 0. The lowest BCUT2D eigenvalue weighted by molar-refractivity contribution is 0.0705. The third kappa shape index (κ3) is 2.68. The first-order valence-electron chi connectivity index (χ1n) is 8.06. The highest BCUT2D eigenvalue weighted by atomic mass is 16.2. The summed E-state index contributed by atoms with van der Waals surface area (Å²) in [7, 11) is 0. The molecule has 0 radical (unpaired) electrons. The first-order valence-corrected chi connectivity index (χ1v) is 8.06. The molecule has 3 aromatic rings. The molecule has 7 nitrogen and oxygen atoms in total. The SMILES string of the molecule is O=C(c1cn[nH]c1-c1ccccc1)N1CCCC(c2ncn[nH]2)C1. The van der Waals surface area contributed by atoms with Crippen molar-refractivity contribution in [3.05, 3.63) is 54.2 Å².